The van der Waals surface area contributed by atoms with Crippen LogP contribution in [-0.2, 0) is 6.42 Å². The second-order valence-electron chi connectivity index (χ2n) is 7.75. The molecule has 0 bridgehead atoms. The number of aryl methyl sites for hydroxylation is 1. The third-order valence-electron chi connectivity index (χ3n) is 5.50. The largest absolute Gasteiger partial charge is 0.389 e. The van der Waals surface area contributed by atoms with Crippen LogP contribution in [0.2, 0.25) is 0 Å². The van der Waals surface area contributed by atoms with E-state index in [2.05, 4.69) is 43.8 Å². The van der Waals surface area contributed by atoms with Gasteiger partial charge in [0.15, 0.2) is 0 Å². The summed E-state index contributed by atoms with van der Waals surface area (Å²) in [5.41, 5.74) is 8.54. The molecule has 30 heavy (non-hydrogen) atoms. The second-order valence-corrected chi connectivity index (χ2v) is 7.75. The maximum atomic E-state index is 11.1. The molecule has 0 radical (unpaired) electrons. The van der Waals surface area contributed by atoms with Gasteiger partial charge in [-0.15, -0.1) is 0 Å². The van der Waals surface area contributed by atoms with E-state index in [1.807, 2.05) is 31.2 Å². The van der Waals surface area contributed by atoms with Crippen molar-refractivity contribution < 1.29 is 5.11 Å². The van der Waals surface area contributed by atoms with Gasteiger partial charge in [-0.1, -0.05) is 42.2 Å². The van der Waals surface area contributed by atoms with Gasteiger partial charge in [0.1, 0.15) is 18.0 Å². The van der Waals surface area contributed by atoms with Crippen molar-refractivity contribution in [2.75, 3.05) is 23.7 Å². The zero-order chi connectivity index (χ0) is 21.0. The smallest absolute Gasteiger partial charge is 0.148 e. The Hall–Kier alpha value is -3.43. The highest BCUT2D eigenvalue weighted by molar-refractivity contribution is 5.59. The third kappa shape index (κ3) is 4.58. The third-order valence-corrected chi connectivity index (χ3v) is 5.50. The summed E-state index contributed by atoms with van der Waals surface area (Å²) in [6.45, 7) is 3.38. The summed E-state index contributed by atoms with van der Waals surface area (Å²) in [6.07, 6.45) is 5.26. The summed E-state index contributed by atoms with van der Waals surface area (Å²) in [5.74, 6) is 7.64. The highest BCUT2D eigenvalue weighted by Gasteiger charge is 2.33. The van der Waals surface area contributed by atoms with Gasteiger partial charge in [0.05, 0.1) is 16.9 Å². The first kappa shape index (κ1) is 19.9. The molecule has 0 saturated carbocycles. The normalized spacial score (nSPS) is 15.3. The van der Waals surface area contributed by atoms with Crippen LogP contribution in [-0.4, -0.2) is 38.7 Å². The number of anilines is 2. The minimum Gasteiger partial charge on any atom is -0.389 e. The fraction of sp³-hybridized carbons (Fsp3) is 0.292. The second kappa shape index (κ2) is 8.52. The Labute approximate surface area is 176 Å². The highest BCUT2D eigenvalue weighted by Crippen LogP contribution is 2.30. The minimum absolute atomic E-state index is 0.469. The van der Waals surface area contributed by atoms with Crippen molar-refractivity contribution in [1.29, 1.82) is 0 Å². The van der Waals surface area contributed by atoms with Gasteiger partial charge in [-0.3, -0.25) is 0 Å². The van der Waals surface area contributed by atoms with Gasteiger partial charge < -0.3 is 15.7 Å². The van der Waals surface area contributed by atoms with E-state index in [0.717, 1.165) is 41.3 Å². The fourth-order valence-electron chi connectivity index (χ4n) is 3.75. The fourth-order valence-corrected chi connectivity index (χ4v) is 3.75. The maximum Gasteiger partial charge on any atom is 0.148 e. The molecule has 0 aliphatic carbocycles. The molecule has 1 fully saturated rings. The van der Waals surface area contributed by atoms with Crippen LogP contribution in [0.15, 0.2) is 55.0 Å². The molecule has 1 aliphatic heterocycles. The van der Waals surface area contributed by atoms with Crippen LogP contribution in [0, 0.1) is 18.8 Å². The zero-order valence-corrected chi connectivity index (χ0v) is 17.0. The molecule has 3 aromatic rings. The molecule has 4 rings (SSSR count). The number of hydrogen-bond donors (Lipinski definition) is 2. The number of nitrogen functional groups attached to an aromatic ring is 1. The molecule has 152 valence electrons. The summed E-state index contributed by atoms with van der Waals surface area (Å²) in [5, 5.41) is 11.1. The molecule has 6 heteroatoms. The number of aliphatic hydroxyl groups is 1. The Morgan fingerprint density at radius 2 is 1.80 bits per heavy atom. The Kier molecular flexibility index (Phi) is 5.64. The first-order valence-electron chi connectivity index (χ1n) is 10.1. The van der Waals surface area contributed by atoms with E-state index >= 15 is 0 Å². The van der Waals surface area contributed by atoms with E-state index in [0.29, 0.717) is 25.1 Å². The van der Waals surface area contributed by atoms with Crippen LogP contribution >= 0.6 is 0 Å². The van der Waals surface area contributed by atoms with Crippen LogP contribution < -0.4 is 10.6 Å². The first-order valence-corrected chi connectivity index (χ1v) is 10.1. The lowest BCUT2D eigenvalue weighted by atomic mass is 9.85. The van der Waals surface area contributed by atoms with Gasteiger partial charge in [0.2, 0.25) is 0 Å². The van der Waals surface area contributed by atoms with Crippen LogP contribution in [0.3, 0.4) is 0 Å². The topological polar surface area (TPSA) is 88.2 Å². The molecule has 3 heterocycles. The Balaban J connectivity index is 1.52. The Bertz CT molecular complexity index is 1060. The minimum atomic E-state index is -0.693. The number of nitrogens with zero attached hydrogens (tertiary/aromatic N) is 4. The molecule has 2 aromatic heterocycles. The predicted molar refractivity (Wildman–Crippen MR) is 118 cm³/mol. The highest BCUT2D eigenvalue weighted by atomic mass is 16.3. The lowest BCUT2D eigenvalue weighted by Gasteiger charge is -2.39. The zero-order valence-electron chi connectivity index (χ0n) is 17.0. The van der Waals surface area contributed by atoms with Gasteiger partial charge >= 0.3 is 0 Å². The van der Waals surface area contributed by atoms with Crippen LogP contribution in [0.4, 0.5) is 11.6 Å². The lowest BCUT2D eigenvalue weighted by molar-refractivity contribution is 0.0164. The van der Waals surface area contributed by atoms with E-state index in [4.69, 9.17) is 5.73 Å². The number of piperidine rings is 1. The van der Waals surface area contributed by atoms with Crippen molar-refractivity contribution in [3.63, 3.8) is 0 Å². The van der Waals surface area contributed by atoms with Gasteiger partial charge in [0, 0.05) is 31.3 Å². The Morgan fingerprint density at radius 1 is 1.03 bits per heavy atom. The van der Waals surface area contributed by atoms with Crippen molar-refractivity contribution in [2.45, 2.75) is 31.8 Å². The van der Waals surface area contributed by atoms with Gasteiger partial charge in [-0.2, -0.15) is 0 Å². The molecule has 1 saturated heterocycles. The standard InChI is InChI=1S/C24H25N5O/c1-18-21(9-7-20-8-10-22(25)26-16-20)23(28-17-27-18)29-13-11-24(30,12-14-29)15-19-5-3-2-4-6-19/h2-6,8,10,16-17,30H,11-15H2,1H3,(H2,25,26). The van der Waals surface area contributed by atoms with E-state index in [1.54, 1.807) is 18.6 Å². The van der Waals surface area contributed by atoms with Gasteiger partial charge in [-0.05, 0) is 37.5 Å². The number of rotatable bonds is 3. The molecule has 0 atom stereocenters. The van der Waals surface area contributed by atoms with Crippen molar-refractivity contribution >= 4 is 11.6 Å². The molecule has 0 amide bonds. The average Bonchev–Trinajstić information content (AvgIpc) is 2.75. The maximum absolute atomic E-state index is 11.1. The van der Waals surface area contributed by atoms with E-state index in [1.165, 1.54) is 0 Å². The van der Waals surface area contributed by atoms with Crippen molar-refractivity contribution in [3.05, 3.63) is 77.4 Å². The molecule has 3 N–H and O–H groups in total. The molecule has 0 unspecified atom stereocenters. The summed E-state index contributed by atoms with van der Waals surface area (Å²) in [6, 6.07) is 13.7. The number of pyridine rings is 1. The molecule has 0 spiro atoms. The van der Waals surface area contributed by atoms with E-state index < -0.39 is 5.60 Å². The van der Waals surface area contributed by atoms with Gasteiger partial charge in [0.25, 0.3) is 0 Å². The average molecular weight is 399 g/mol. The predicted octanol–water partition coefficient (Wildman–Crippen LogP) is 2.74. The number of nitrogens with two attached hydrogens (primary N) is 1. The van der Waals surface area contributed by atoms with Crippen molar-refractivity contribution in [1.82, 2.24) is 15.0 Å². The van der Waals surface area contributed by atoms with Crippen molar-refractivity contribution in [3.8, 4) is 11.8 Å². The summed E-state index contributed by atoms with van der Waals surface area (Å²) < 4.78 is 0. The van der Waals surface area contributed by atoms with E-state index in [9.17, 15) is 5.11 Å². The summed E-state index contributed by atoms with van der Waals surface area (Å²) in [4.78, 5) is 15.1. The quantitative estimate of drug-likeness (QED) is 0.659. The van der Waals surface area contributed by atoms with E-state index in [-0.39, 0.29) is 0 Å². The molecule has 6 nitrogen and oxygen atoms in total. The molecular weight excluding hydrogens is 374 g/mol. The lowest BCUT2D eigenvalue weighted by Crippen LogP contribution is -2.46. The number of aromatic nitrogens is 3. The first-order chi connectivity index (χ1) is 14.5. The van der Waals surface area contributed by atoms with Crippen molar-refractivity contribution in [2.24, 2.45) is 0 Å². The number of hydrogen-bond acceptors (Lipinski definition) is 6. The Morgan fingerprint density at radius 3 is 2.50 bits per heavy atom. The monoisotopic (exact) mass is 399 g/mol. The SMILES string of the molecule is Cc1ncnc(N2CCC(O)(Cc3ccccc3)CC2)c1C#Cc1ccc(N)nc1. The molecular formula is C24H25N5O. The summed E-state index contributed by atoms with van der Waals surface area (Å²) >= 11 is 0. The van der Waals surface area contributed by atoms with Crippen LogP contribution in [0.1, 0.15) is 35.2 Å². The van der Waals surface area contributed by atoms with Crippen LogP contribution in [0.25, 0.3) is 0 Å². The van der Waals surface area contributed by atoms with Crippen LogP contribution in [0.5, 0.6) is 0 Å². The van der Waals surface area contributed by atoms with Gasteiger partial charge in [-0.25, -0.2) is 15.0 Å². The number of benzene rings is 1. The molecule has 1 aromatic carbocycles. The molecule has 1 aliphatic rings. The summed E-state index contributed by atoms with van der Waals surface area (Å²) in [7, 11) is 0.